The molecule has 17 heavy (non-hydrogen) atoms. The van der Waals surface area contributed by atoms with Crippen molar-refractivity contribution in [2.45, 2.75) is 51.5 Å². The van der Waals surface area contributed by atoms with Gasteiger partial charge in [0.05, 0.1) is 0 Å². The molecule has 1 aliphatic rings. The van der Waals surface area contributed by atoms with Crippen LogP contribution in [-0.4, -0.2) is 21.9 Å². The molecule has 2 atom stereocenters. The van der Waals surface area contributed by atoms with Crippen LogP contribution in [0.15, 0.2) is 0 Å². The average Bonchev–Trinajstić information content (AvgIpc) is 2.86. The van der Waals surface area contributed by atoms with Crippen LogP contribution >= 0.6 is 11.5 Å². The van der Waals surface area contributed by atoms with Crippen LogP contribution in [-0.2, 0) is 5.41 Å². The van der Waals surface area contributed by atoms with E-state index in [1.807, 2.05) is 0 Å². The highest BCUT2D eigenvalue weighted by Gasteiger charge is 2.27. The molecular weight excluding hydrogens is 232 g/mol. The van der Waals surface area contributed by atoms with E-state index in [1.54, 1.807) is 0 Å². The largest absolute Gasteiger partial charge is 0.357 e. The Labute approximate surface area is 107 Å². The lowest BCUT2D eigenvalue weighted by Gasteiger charge is -2.18. The maximum Gasteiger partial charge on any atom is 0.202 e. The van der Waals surface area contributed by atoms with Crippen molar-refractivity contribution in [1.29, 1.82) is 0 Å². The van der Waals surface area contributed by atoms with Gasteiger partial charge in [-0.15, -0.1) is 0 Å². The zero-order chi connectivity index (χ0) is 12.5. The van der Waals surface area contributed by atoms with Gasteiger partial charge < -0.3 is 11.1 Å². The molecule has 0 aliphatic heterocycles. The van der Waals surface area contributed by atoms with E-state index in [0.29, 0.717) is 12.0 Å². The Balaban J connectivity index is 2.02. The minimum absolute atomic E-state index is 0.0272. The molecule has 5 heteroatoms. The molecule has 1 aliphatic carbocycles. The lowest BCUT2D eigenvalue weighted by Crippen LogP contribution is -2.29. The first-order valence-electron chi connectivity index (χ1n) is 6.31. The molecule has 1 saturated carbocycles. The van der Waals surface area contributed by atoms with Crippen molar-refractivity contribution in [3.05, 3.63) is 5.82 Å². The van der Waals surface area contributed by atoms with Crippen LogP contribution in [0.3, 0.4) is 0 Å². The molecular formula is C12H22N4S. The Hall–Kier alpha value is -0.680. The lowest BCUT2D eigenvalue weighted by atomic mass is 9.96. The van der Waals surface area contributed by atoms with Crippen molar-refractivity contribution < 1.29 is 0 Å². The summed E-state index contributed by atoms with van der Waals surface area (Å²) in [4.78, 5) is 4.57. The Morgan fingerprint density at radius 2 is 2.18 bits per heavy atom. The van der Waals surface area contributed by atoms with E-state index >= 15 is 0 Å². The first-order valence-corrected chi connectivity index (χ1v) is 7.09. The standard InChI is InChI=1S/C12H22N4S/c1-12(2,3)10-15-11(17-16-10)14-9-6-4-5-8(9)7-13/h8-9H,4-7,13H2,1-3H3,(H,14,15,16). The molecule has 1 heterocycles. The first kappa shape index (κ1) is 12.8. The second kappa shape index (κ2) is 4.90. The van der Waals surface area contributed by atoms with Crippen molar-refractivity contribution in [1.82, 2.24) is 9.36 Å². The number of hydrogen-bond acceptors (Lipinski definition) is 5. The third kappa shape index (κ3) is 2.96. The number of rotatable bonds is 3. The lowest BCUT2D eigenvalue weighted by molar-refractivity contribution is 0.515. The van der Waals surface area contributed by atoms with Gasteiger partial charge in [-0.05, 0) is 25.3 Å². The quantitative estimate of drug-likeness (QED) is 0.869. The Kier molecular flexibility index (Phi) is 3.68. The molecule has 1 fully saturated rings. The van der Waals surface area contributed by atoms with Gasteiger partial charge in [-0.25, -0.2) is 4.98 Å². The molecule has 0 bridgehead atoms. The van der Waals surface area contributed by atoms with Gasteiger partial charge in [0.15, 0.2) is 0 Å². The summed E-state index contributed by atoms with van der Waals surface area (Å²) in [5, 5.41) is 4.44. The minimum atomic E-state index is 0.0272. The molecule has 3 N–H and O–H groups in total. The van der Waals surface area contributed by atoms with Gasteiger partial charge in [-0.1, -0.05) is 27.2 Å². The number of nitrogens with zero attached hydrogens (tertiary/aromatic N) is 2. The second-order valence-electron chi connectivity index (χ2n) is 5.85. The van der Waals surface area contributed by atoms with E-state index in [4.69, 9.17) is 5.73 Å². The van der Waals surface area contributed by atoms with Crippen molar-refractivity contribution in [2.75, 3.05) is 11.9 Å². The topological polar surface area (TPSA) is 63.8 Å². The number of nitrogens with two attached hydrogens (primary N) is 1. The predicted octanol–water partition coefficient (Wildman–Crippen LogP) is 2.37. The van der Waals surface area contributed by atoms with Crippen LogP contribution < -0.4 is 11.1 Å². The number of anilines is 1. The van der Waals surface area contributed by atoms with E-state index in [1.165, 1.54) is 30.8 Å². The van der Waals surface area contributed by atoms with Crippen molar-refractivity contribution >= 4 is 16.7 Å². The summed E-state index contributed by atoms with van der Waals surface area (Å²) < 4.78 is 4.42. The first-order chi connectivity index (χ1) is 8.00. The summed E-state index contributed by atoms with van der Waals surface area (Å²) in [7, 11) is 0. The van der Waals surface area contributed by atoms with Crippen LogP contribution in [0.4, 0.5) is 5.13 Å². The predicted molar refractivity (Wildman–Crippen MR) is 72.4 cm³/mol. The van der Waals surface area contributed by atoms with Crippen LogP contribution in [0, 0.1) is 5.92 Å². The Morgan fingerprint density at radius 3 is 2.76 bits per heavy atom. The number of nitrogens with one attached hydrogen (secondary N) is 1. The normalized spacial score (nSPS) is 25.2. The maximum absolute atomic E-state index is 5.78. The number of aromatic nitrogens is 2. The summed E-state index contributed by atoms with van der Waals surface area (Å²) in [5.74, 6) is 1.52. The summed E-state index contributed by atoms with van der Waals surface area (Å²) >= 11 is 1.46. The Bertz CT molecular complexity index is 369. The van der Waals surface area contributed by atoms with E-state index in [9.17, 15) is 0 Å². The monoisotopic (exact) mass is 254 g/mol. The van der Waals surface area contributed by atoms with Gasteiger partial charge in [0.25, 0.3) is 0 Å². The summed E-state index contributed by atoms with van der Waals surface area (Å²) in [6.07, 6.45) is 3.70. The van der Waals surface area contributed by atoms with Crippen molar-refractivity contribution in [3.63, 3.8) is 0 Å². The highest BCUT2D eigenvalue weighted by molar-refractivity contribution is 7.09. The molecule has 1 aromatic heterocycles. The summed E-state index contributed by atoms with van der Waals surface area (Å²) in [6, 6.07) is 0.487. The molecule has 0 radical (unpaired) electrons. The van der Waals surface area contributed by atoms with Gasteiger partial charge >= 0.3 is 0 Å². The smallest absolute Gasteiger partial charge is 0.202 e. The molecule has 2 rings (SSSR count). The zero-order valence-electron chi connectivity index (χ0n) is 10.9. The Morgan fingerprint density at radius 1 is 1.41 bits per heavy atom. The minimum Gasteiger partial charge on any atom is -0.357 e. The van der Waals surface area contributed by atoms with Crippen LogP contribution in [0.25, 0.3) is 0 Å². The molecule has 1 aromatic rings. The molecule has 0 saturated heterocycles. The van der Waals surface area contributed by atoms with Gasteiger partial charge in [0.2, 0.25) is 5.13 Å². The maximum atomic E-state index is 5.78. The van der Waals surface area contributed by atoms with Crippen molar-refractivity contribution in [2.24, 2.45) is 11.7 Å². The molecule has 0 aromatic carbocycles. The van der Waals surface area contributed by atoms with Crippen molar-refractivity contribution in [3.8, 4) is 0 Å². The average molecular weight is 254 g/mol. The SMILES string of the molecule is CC(C)(C)c1nsc(NC2CCCC2CN)n1. The van der Waals surface area contributed by atoms with Crippen LogP contribution in [0.1, 0.15) is 45.9 Å². The summed E-state index contributed by atoms with van der Waals surface area (Å²) in [6.45, 7) is 7.17. The van der Waals surface area contributed by atoms with Crippen LogP contribution in [0.2, 0.25) is 0 Å². The van der Waals surface area contributed by atoms with E-state index in [0.717, 1.165) is 17.5 Å². The zero-order valence-corrected chi connectivity index (χ0v) is 11.7. The van der Waals surface area contributed by atoms with Gasteiger partial charge in [-0.2, -0.15) is 4.37 Å². The van der Waals surface area contributed by atoms with E-state index < -0.39 is 0 Å². The highest BCUT2D eigenvalue weighted by atomic mass is 32.1. The fraction of sp³-hybridized carbons (Fsp3) is 0.833. The molecule has 2 unspecified atom stereocenters. The third-order valence-electron chi connectivity index (χ3n) is 3.37. The van der Waals surface area contributed by atoms with Gasteiger partial charge in [-0.3, -0.25) is 0 Å². The van der Waals surface area contributed by atoms with E-state index in [2.05, 4.69) is 35.4 Å². The molecule has 96 valence electrons. The fourth-order valence-corrected chi connectivity index (χ4v) is 3.07. The fourth-order valence-electron chi connectivity index (χ4n) is 2.25. The molecule has 0 amide bonds. The van der Waals surface area contributed by atoms with E-state index in [-0.39, 0.29) is 5.41 Å². The second-order valence-corrected chi connectivity index (χ2v) is 6.60. The van der Waals surface area contributed by atoms with Gasteiger partial charge in [0.1, 0.15) is 5.82 Å². The summed E-state index contributed by atoms with van der Waals surface area (Å²) in [5.41, 5.74) is 5.81. The van der Waals surface area contributed by atoms with Gasteiger partial charge in [0, 0.05) is 23.0 Å². The molecule has 4 nitrogen and oxygen atoms in total. The molecule has 0 spiro atoms. The van der Waals surface area contributed by atoms with Crippen LogP contribution in [0.5, 0.6) is 0 Å². The number of hydrogen-bond donors (Lipinski definition) is 2. The highest BCUT2D eigenvalue weighted by Crippen LogP contribution is 2.29. The third-order valence-corrected chi connectivity index (χ3v) is 4.01.